The lowest BCUT2D eigenvalue weighted by Gasteiger charge is -2.19. The standard InChI is InChI=1S/C15H28N4S/c1-6-8-16-12-11-13(17-9-7-10-20-5)19-14(18-12)15(2,3)4/h11H,6-10H2,1-5H3,(H2,16,17,18,19). The van der Waals surface area contributed by atoms with Crippen molar-refractivity contribution in [3.8, 4) is 0 Å². The van der Waals surface area contributed by atoms with Crippen LogP contribution >= 0.6 is 11.8 Å². The van der Waals surface area contributed by atoms with Gasteiger partial charge in [0.15, 0.2) is 0 Å². The maximum atomic E-state index is 4.64. The number of thioether (sulfide) groups is 1. The number of nitrogens with one attached hydrogen (secondary N) is 2. The van der Waals surface area contributed by atoms with Crippen LogP contribution in [0.5, 0.6) is 0 Å². The third-order valence-electron chi connectivity index (χ3n) is 2.78. The Balaban J connectivity index is 2.80. The van der Waals surface area contributed by atoms with Crippen LogP contribution in [0.1, 0.15) is 46.4 Å². The molecule has 1 aromatic rings. The molecule has 0 saturated heterocycles. The van der Waals surface area contributed by atoms with Crippen LogP contribution < -0.4 is 10.6 Å². The van der Waals surface area contributed by atoms with Gasteiger partial charge in [0.25, 0.3) is 0 Å². The summed E-state index contributed by atoms with van der Waals surface area (Å²) in [5.74, 6) is 3.89. The first-order chi connectivity index (χ1) is 9.47. The zero-order chi connectivity index (χ0) is 15.0. The molecule has 0 bridgehead atoms. The normalized spacial score (nSPS) is 11.4. The molecular formula is C15H28N4S. The molecule has 0 fully saturated rings. The fourth-order valence-corrected chi connectivity index (χ4v) is 2.08. The van der Waals surface area contributed by atoms with Crippen molar-refractivity contribution in [1.82, 2.24) is 9.97 Å². The van der Waals surface area contributed by atoms with E-state index < -0.39 is 0 Å². The molecule has 4 nitrogen and oxygen atoms in total. The first-order valence-electron chi connectivity index (χ1n) is 7.33. The molecule has 0 aliphatic rings. The minimum absolute atomic E-state index is 0.0421. The van der Waals surface area contributed by atoms with E-state index in [-0.39, 0.29) is 5.41 Å². The lowest BCUT2D eigenvalue weighted by molar-refractivity contribution is 0.546. The van der Waals surface area contributed by atoms with Crippen molar-refractivity contribution >= 4 is 23.4 Å². The van der Waals surface area contributed by atoms with E-state index in [0.717, 1.165) is 43.4 Å². The fourth-order valence-electron chi connectivity index (χ4n) is 1.65. The lowest BCUT2D eigenvalue weighted by atomic mass is 9.96. The summed E-state index contributed by atoms with van der Waals surface area (Å²) in [6.07, 6.45) is 4.37. The largest absolute Gasteiger partial charge is 0.370 e. The monoisotopic (exact) mass is 296 g/mol. The van der Waals surface area contributed by atoms with Crippen LogP contribution in [0, 0.1) is 0 Å². The van der Waals surface area contributed by atoms with E-state index >= 15 is 0 Å². The van der Waals surface area contributed by atoms with Crippen LogP contribution in [-0.4, -0.2) is 35.1 Å². The van der Waals surface area contributed by atoms with Gasteiger partial charge in [-0.2, -0.15) is 11.8 Å². The van der Waals surface area contributed by atoms with Crippen LogP contribution in [-0.2, 0) is 5.41 Å². The quantitative estimate of drug-likeness (QED) is 0.715. The highest BCUT2D eigenvalue weighted by Gasteiger charge is 2.19. The number of anilines is 2. The molecule has 0 saturated carbocycles. The number of nitrogens with zero attached hydrogens (tertiary/aromatic N) is 2. The Morgan fingerprint density at radius 2 is 1.70 bits per heavy atom. The van der Waals surface area contributed by atoms with Crippen LogP contribution in [0.25, 0.3) is 0 Å². The van der Waals surface area contributed by atoms with Crippen molar-refractivity contribution in [3.05, 3.63) is 11.9 Å². The van der Waals surface area contributed by atoms with Gasteiger partial charge in [-0.15, -0.1) is 0 Å². The van der Waals surface area contributed by atoms with E-state index in [4.69, 9.17) is 0 Å². The summed E-state index contributed by atoms with van der Waals surface area (Å²) in [6.45, 7) is 10.5. The molecule has 0 aromatic carbocycles. The highest BCUT2D eigenvalue weighted by Crippen LogP contribution is 2.22. The SMILES string of the molecule is CCCNc1cc(NCCCSC)nc(C(C)(C)C)n1. The second-order valence-electron chi connectivity index (χ2n) is 5.91. The van der Waals surface area contributed by atoms with Crippen molar-refractivity contribution in [3.63, 3.8) is 0 Å². The summed E-state index contributed by atoms with van der Waals surface area (Å²) in [6, 6.07) is 2.00. The van der Waals surface area contributed by atoms with Gasteiger partial charge in [-0.1, -0.05) is 27.7 Å². The Bertz CT molecular complexity index is 401. The van der Waals surface area contributed by atoms with Gasteiger partial charge in [-0.25, -0.2) is 9.97 Å². The molecule has 0 aliphatic heterocycles. The third-order valence-corrected chi connectivity index (χ3v) is 3.48. The summed E-state index contributed by atoms with van der Waals surface area (Å²) in [5.41, 5.74) is -0.0421. The Labute approximate surface area is 127 Å². The highest BCUT2D eigenvalue weighted by molar-refractivity contribution is 7.98. The Hall–Kier alpha value is -0.970. The maximum absolute atomic E-state index is 4.64. The van der Waals surface area contributed by atoms with E-state index in [1.807, 2.05) is 17.8 Å². The zero-order valence-electron chi connectivity index (χ0n) is 13.4. The molecule has 0 unspecified atom stereocenters. The van der Waals surface area contributed by atoms with Gasteiger partial charge < -0.3 is 10.6 Å². The van der Waals surface area contributed by atoms with Gasteiger partial charge >= 0.3 is 0 Å². The van der Waals surface area contributed by atoms with Crippen LogP contribution in [0.4, 0.5) is 11.6 Å². The summed E-state index contributed by atoms with van der Waals surface area (Å²) >= 11 is 1.87. The van der Waals surface area contributed by atoms with Crippen LogP contribution in [0.15, 0.2) is 6.07 Å². The smallest absolute Gasteiger partial charge is 0.138 e. The van der Waals surface area contributed by atoms with Crippen molar-refractivity contribution in [2.75, 3.05) is 35.7 Å². The molecule has 0 amide bonds. The van der Waals surface area contributed by atoms with Crippen molar-refractivity contribution in [2.24, 2.45) is 0 Å². The summed E-state index contributed by atoms with van der Waals surface area (Å²) in [7, 11) is 0. The summed E-state index contributed by atoms with van der Waals surface area (Å²) in [5, 5.41) is 6.76. The molecule has 0 spiro atoms. The molecule has 0 aliphatic carbocycles. The number of hydrogen-bond donors (Lipinski definition) is 2. The topological polar surface area (TPSA) is 49.8 Å². The van der Waals surface area contributed by atoms with Crippen molar-refractivity contribution < 1.29 is 0 Å². The van der Waals surface area contributed by atoms with E-state index in [2.05, 4.69) is 54.6 Å². The third kappa shape index (κ3) is 5.99. The number of aromatic nitrogens is 2. The second kappa shape index (κ2) is 8.35. The fraction of sp³-hybridized carbons (Fsp3) is 0.733. The van der Waals surface area contributed by atoms with Crippen LogP contribution in [0.3, 0.4) is 0 Å². The average molecular weight is 296 g/mol. The minimum Gasteiger partial charge on any atom is -0.370 e. The van der Waals surface area contributed by atoms with Gasteiger partial charge in [-0.05, 0) is 24.9 Å². The molecule has 114 valence electrons. The molecule has 5 heteroatoms. The Kier molecular flexibility index (Phi) is 7.13. The van der Waals surface area contributed by atoms with Crippen molar-refractivity contribution in [1.29, 1.82) is 0 Å². The van der Waals surface area contributed by atoms with Gasteiger partial charge in [-0.3, -0.25) is 0 Å². The molecule has 1 aromatic heterocycles. The van der Waals surface area contributed by atoms with E-state index in [9.17, 15) is 0 Å². The minimum atomic E-state index is -0.0421. The van der Waals surface area contributed by atoms with E-state index in [1.54, 1.807) is 0 Å². The second-order valence-corrected chi connectivity index (χ2v) is 6.90. The molecule has 0 radical (unpaired) electrons. The first kappa shape index (κ1) is 17.1. The first-order valence-corrected chi connectivity index (χ1v) is 8.73. The lowest BCUT2D eigenvalue weighted by Crippen LogP contribution is -2.19. The Morgan fingerprint density at radius 3 is 2.20 bits per heavy atom. The molecule has 1 rings (SSSR count). The van der Waals surface area contributed by atoms with Gasteiger partial charge in [0, 0.05) is 24.6 Å². The molecule has 20 heavy (non-hydrogen) atoms. The predicted octanol–water partition coefficient (Wildman–Crippen LogP) is 3.76. The zero-order valence-corrected chi connectivity index (χ0v) is 14.2. The average Bonchev–Trinajstić information content (AvgIpc) is 2.40. The molecular weight excluding hydrogens is 268 g/mol. The van der Waals surface area contributed by atoms with E-state index in [0.29, 0.717) is 0 Å². The van der Waals surface area contributed by atoms with Gasteiger partial charge in [0.05, 0.1) is 0 Å². The summed E-state index contributed by atoms with van der Waals surface area (Å²) in [4.78, 5) is 9.26. The van der Waals surface area contributed by atoms with Gasteiger partial charge in [0.2, 0.25) is 0 Å². The predicted molar refractivity (Wildman–Crippen MR) is 91.0 cm³/mol. The maximum Gasteiger partial charge on any atom is 0.138 e. The van der Waals surface area contributed by atoms with Gasteiger partial charge in [0.1, 0.15) is 17.5 Å². The van der Waals surface area contributed by atoms with Crippen LogP contribution in [0.2, 0.25) is 0 Å². The number of hydrogen-bond acceptors (Lipinski definition) is 5. The molecule has 1 heterocycles. The Morgan fingerprint density at radius 1 is 1.10 bits per heavy atom. The summed E-state index contributed by atoms with van der Waals surface area (Å²) < 4.78 is 0. The molecule has 0 atom stereocenters. The molecule has 2 N–H and O–H groups in total. The number of rotatable bonds is 8. The highest BCUT2D eigenvalue weighted by atomic mass is 32.2. The van der Waals surface area contributed by atoms with Crippen molar-refractivity contribution in [2.45, 2.75) is 46.0 Å². The van der Waals surface area contributed by atoms with E-state index in [1.165, 1.54) is 5.75 Å².